The van der Waals surface area contributed by atoms with Gasteiger partial charge in [0.05, 0.1) is 7.11 Å². The molecule has 0 spiro atoms. The summed E-state index contributed by atoms with van der Waals surface area (Å²) >= 11 is 0. The van der Waals surface area contributed by atoms with Crippen LogP contribution in [0, 0.1) is 0 Å². The Labute approximate surface area is 165 Å². The monoisotopic (exact) mass is 373 g/mol. The van der Waals surface area contributed by atoms with E-state index < -0.39 is 0 Å². The smallest absolute Gasteiger partial charge is 0.119 e. The molecule has 0 aliphatic carbocycles. The molecule has 0 saturated carbocycles. The third kappa shape index (κ3) is 3.18. The molecular weight excluding hydrogens is 346 g/mol. The number of anilines is 1. The highest BCUT2D eigenvalue weighted by Gasteiger charge is 2.11. The van der Waals surface area contributed by atoms with Gasteiger partial charge in [0.15, 0.2) is 0 Å². The van der Waals surface area contributed by atoms with Gasteiger partial charge < -0.3 is 19.9 Å². The lowest BCUT2D eigenvalue weighted by Crippen LogP contribution is -2.33. The first-order valence-corrected chi connectivity index (χ1v) is 10.3. The third-order valence-electron chi connectivity index (χ3n) is 5.99. The predicted molar refractivity (Wildman–Crippen MR) is 119 cm³/mol. The van der Waals surface area contributed by atoms with Gasteiger partial charge in [-0.3, -0.25) is 0 Å². The molecule has 4 nitrogen and oxygen atoms in total. The summed E-state index contributed by atoms with van der Waals surface area (Å²) in [6.07, 6.45) is 4.08. The van der Waals surface area contributed by atoms with Crippen molar-refractivity contribution in [3.8, 4) is 5.75 Å². The number of methoxy groups -OCH3 is 1. The maximum atomic E-state index is 5.46. The molecule has 0 radical (unpaired) electrons. The van der Waals surface area contributed by atoms with Crippen molar-refractivity contribution in [3.63, 3.8) is 0 Å². The highest BCUT2D eigenvalue weighted by molar-refractivity contribution is 6.20. The fraction of sp³-hybridized carbons (Fsp3) is 0.333. The number of aromatic nitrogens is 1. The molecular formula is C24H27N3O. The Kier molecular flexibility index (Phi) is 4.57. The molecule has 5 rings (SSSR count). The van der Waals surface area contributed by atoms with Crippen molar-refractivity contribution in [2.45, 2.75) is 19.3 Å². The molecule has 2 N–H and O–H groups in total. The Morgan fingerprint density at radius 1 is 0.929 bits per heavy atom. The first-order valence-electron chi connectivity index (χ1n) is 10.3. The van der Waals surface area contributed by atoms with Crippen molar-refractivity contribution in [1.82, 2.24) is 9.88 Å². The van der Waals surface area contributed by atoms with Crippen LogP contribution in [0.4, 0.5) is 5.69 Å². The van der Waals surface area contributed by atoms with E-state index >= 15 is 0 Å². The average molecular weight is 374 g/mol. The van der Waals surface area contributed by atoms with Gasteiger partial charge >= 0.3 is 0 Å². The molecule has 0 unspecified atom stereocenters. The van der Waals surface area contributed by atoms with Crippen LogP contribution in [0.3, 0.4) is 0 Å². The second kappa shape index (κ2) is 7.36. The number of benzene rings is 3. The molecule has 0 bridgehead atoms. The highest BCUT2D eigenvalue weighted by atomic mass is 16.5. The molecule has 28 heavy (non-hydrogen) atoms. The van der Waals surface area contributed by atoms with Crippen molar-refractivity contribution in [2.24, 2.45) is 0 Å². The van der Waals surface area contributed by atoms with Crippen LogP contribution < -0.4 is 10.1 Å². The number of H-pyrrole nitrogens is 1. The molecule has 1 saturated heterocycles. The van der Waals surface area contributed by atoms with E-state index in [1.165, 1.54) is 65.1 Å². The van der Waals surface area contributed by atoms with Gasteiger partial charge in [0, 0.05) is 40.6 Å². The maximum Gasteiger partial charge on any atom is 0.119 e. The summed E-state index contributed by atoms with van der Waals surface area (Å²) in [5, 5.41) is 8.66. The van der Waals surface area contributed by atoms with Gasteiger partial charge in [0.2, 0.25) is 0 Å². The molecule has 1 fully saturated rings. The fourth-order valence-corrected chi connectivity index (χ4v) is 4.48. The molecule has 1 aromatic heterocycles. The van der Waals surface area contributed by atoms with E-state index in [9.17, 15) is 0 Å². The van der Waals surface area contributed by atoms with E-state index in [0.29, 0.717) is 0 Å². The van der Waals surface area contributed by atoms with Crippen LogP contribution in [0.25, 0.3) is 32.6 Å². The van der Waals surface area contributed by atoms with Crippen LogP contribution in [0.15, 0.2) is 48.5 Å². The van der Waals surface area contributed by atoms with E-state index in [1.54, 1.807) is 7.11 Å². The van der Waals surface area contributed by atoms with Crippen molar-refractivity contribution in [2.75, 3.05) is 38.6 Å². The number of rotatable bonds is 5. The van der Waals surface area contributed by atoms with Gasteiger partial charge in [0.1, 0.15) is 5.75 Å². The quantitative estimate of drug-likeness (QED) is 0.493. The van der Waals surface area contributed by atoms with E-state index in [-0.39, 0.29) is 0 Å². The molecule has 2 heterocycles. The first-order chi connectivity index (χ1) is 13.8. The Hall–Kier alpha value is -2.72. The van der Waals surface area contributed by atoms with Gasteiger partial charge in [-0.25, -0.2) is 0 Å². The molecule has 144 valence electrons. The van der Waals surface area contributed by atoms with E-state index in [1.807, 2.05) is 6.07 Å². The summed E-state index contributed by atoms with van der Waals surface area (Å²) < 4.78 is 5.46. The minimum Gasteiger partial charge on any atom is -0.497 e. The van der Waals surface area contributed by atoms with Crippen LogP contribution in [0.2, 0.25) is 0 Å². The Morgan fingerprint density at radius 3 is 2.61 bits per heavy atom. The highest BCUT2D eigenvalue weighted by Crippen LogP contribution is 2.35. The summed E-state index contributed by atoms with van der Waals surface area (Å²) in [5.74, 6) is 0.890. The SMILES string of the molecule is COc1ccc2[nH]c3ccc4ccc(NCCN5CCCCC5)cc4c3c2c1. The summed E-state index contributed by atoms with van der Waals surface area (Å²) in [4.78, 5) is 6.12. The number of aromatic amines is 1. The van der Waals surface area contributed by atoms with Gasteiger partial charge in [-0.05, 0) is 73.1 Å². The lowest BCUT2D eigenvalue weighted by Gasteiger charge is -2.26. The molecule has 1 aliphatic rings. The second-order valence-electron chi connectivity index (χ2n) is 7.79. The van der Waals surface area contributed by atoms with Gasteiger partial charge in [0.25, 0.3) is 0 Å². The van der Waals surface area contributed by atoms with E-state index in [4.69, 9.17) is 4.74 Å². The number of hydrogen-bond donors (Lipinski definition) is 2. The third-order valence-corrected chi connectivity index (χ3v) is 5.99. The zero-order valence-electron chi connectivity index (χ0n) is 16.4. The van der Waals surface area contributed by atoms with Gasteiger partial charge in [-0.1, -0.05) is 18.6 Å². The summed E-state index contributed by atoms with van der Waals surface area (Å²) in [7, 11) is 1.72. The molecule has 4 heteroatoms. The molecule has 1 aliphatic heterocycles. The van der Waals surface area contributed by atoms with Gasteiger partial charge in [-0.15, -0.1) is 0 Å². The van der Waals surface area contributed by atoms with E-state index in [2.05, 4.69) is 57.7 Å². The Morgan fingerprint density at radius 2 is 1.75 bits per heavy atom. The number of nitrogens with zero attached hydrogens (tertiary/aromatic N) is 1. The predicted octanol–water partition coefficient (Wildman–Crippen LogP) is 5.38. The summed E-state index contributed by atoms with van der Waals surface area (Å²) in [6.45, 7) is 4.60. The Bertz CT molecular complexity index is 1130. The first kappa shape index (κ1) is 17.4. The molecule has 0 atom stereocenters. The van der Waals surface area contributed by atoms with Crippen molar-refractivity contribution < 1.29 is 4.74 Å². The number of nitrogens with one attached hydrogen (secondary N) is 2. The van der Waals surface area contributed by atoms with Crippen molar-refractivity contribution >= 4 is 38.3 Å². The van der Waals surface area contributed by atoms with Crippen LogP contribution in [0.1, 0.15) is 19.3 Å². The van der Waals surface area contributed by atoms with Gasteiger partial charge in [-0.2, -0.15) is 0 Å². The standard InChI is InChI=1S/C24H27N3O/c1-28-19-8-10-22-21(16-19)24-20-15-18(7-5-17(20)6-9-23(24)26-22)25-11-14-27-12-3-2-4-13-27/h5-10,15-16,25-26H,2-4,11-14H2,1H3. The lowest BCUT2D eigenvalue weighted by atomic mass is 10.0. The number of fused-ring (bicyclic) bond motifs is 5. The number of likely N-dealkylation sites (tertiary alicyclic amines) is 1. The van der Waals surface area contributed by atoms with Crippen LogP contribution in [0.5, 0.6) is 5.75 Å². The number of hydrogen-bond acceptors (Lipinski definition) is 3. The van der Waals surface area contributed by atoms with E-state index in [0.717, 1.165) is 24.4 Å². The minimum atomic E-state index is 0.890. The van der Waals surface area contributed by atoms with Crippen molar-refractivity contribution in [3.05, 3.63) is 48.5 Å². The number of ether oxygens (including phenoxy) is 1. The largest absolute Gasteiger partial charge is 0.497 e. The normalized spacial score (nSPS) is 15.5. The topological polar surface area (TPSA) is 40.3 Å². The van der Waals surface area contributed by atoms with Crippen LogP contribution >= 0.6 is 0 Å². The zero-order valence-corrected chi connectivity index (χ0v) is 16.4. The number of piperidine rings is 1. The second-order valence-corrected chi connectivity index (χ2v) is 7.79. The fourth-order valence-electron chi connectivity index (χ4n) is 4.48. The zero-order chi connectivity index (χ0) is 18.9. The lowest BCUT2D eigenvalue weighted by molar-refractivity contribution is 0.237. The van der Waals surface area contributed by atoms with Crippen LogP contribution in [-0.4, -0.2) is 43.2 Å². The molecule has 0 amide bonds. The molecule has 3 aromatic carbocycles. The summed E-state index contributed by atoms with van der Waals surface area (Å²) in [5.41, 5.74) is 3.50. The Balaban J connectivity index is 1.49. The molecule has 4 aromatic rings. The van der Waals surface area contributed by atoms with Crippen molar-refractivity contribution in [1.29, 1.82) is 0 Å². The van der Waals surface area contributed by atoms with Crippen LogP contribution in [-0.2, 0) is 0 Å². The summed E-state index contributed by atoms with van der Waals surface area (Å²) in [6, 6.07) is 17.3. The average Bonchev–Trinajstić information content (AvgIpc) is 3.12. The minimum absolute atomic E-state index is 0.890. The maximum absolute atomic E-state index is 5.46.